The molecule has 3 aromatic rings. The Morgan fingerprint density at radius 1 is 0.964 bits per heavy atom. The predicted molar refractivity (Wildman–Crippen MR) is 102 cm³/mol. The third kappa shape index (κ3) is 5.09. The molecule has 0 radical (unpaired) electrons. The molecule has 2 aromatic carbocycles. The number of para-hydroxylation sites is 2. The summed E-state index contributed by atoms with van der Waals surface area (Å²) in [7, 11) is 0. The van der Waals surface area contributed by atoms with Crippen molar-refractivity contribution in [3.63, 3.8) is 0 Å². The van der Waals surface area contributed by atoms with Gasteiger partial charge in [0.15, 0.2) is 11.5 Å². The number of rotatable bonds is 9. The van der Waals surface area contributed by atoms with Crippen LogP contribution in [0.25, 0.3) is 11.4 Å². The maximum absolute atomic E-state index is 12.1. The fraction of sp³-hybridized carbons (Fsp3) is 0.286. The van der Waals surface area contributed by atoms with Crippen molar-refractivity contribution >= 4 is 5.97 Å². The minimum absolute atomic E-state index is 0.116. The third-order valence-corrected chi connectivity index (χ3v) is 3.81. The highest BCUT2D eigenvalue weighted by atomic mass is 16.6. The van der Waals surface area contributed by atoms with Crippen LogP contribution in [0.5, 0.6) is 17.2 Å². The molecule has 3 rings (SSSR count). The number of benzene rings is 2. The van der Waals surface area contributed by atoms with E-state index in [0.29, 0.717) is 42.8 Å². The third-order valence-electron chi connectivity index (χ3n) is 3.81. The fourth-order valence-corrected chi connectivity index (χ4v) is 2.53. The lowest BCUT2D eigenvalue weighted by molar-refractivity contribution is -0.134. The number of hydrogen-bond donors (Lipinski definition) is 0. The van der Waals surface area contributed by atoms with Crippen molar-refractivity contribution < 1.29 is 23.5 Å². The summed E-state index contributed by atoms with van der Waals surface area (Å²) >= 11 is 0. The molecule has 0 fully saturated rings. The van der Waals surface area contributed by atoms with Crippen LogP contribution in [0.2, 0.25) is 0 Å². The Labute approximate surface area is 163 Å². The molecule has 0 unspecified atom stereocenters. The highest BCUT2D eigenvalue weighted by Gasteiger charge is 2.14. The van der Waals surface area contributed by atoms with Crippen molar-refractivity contribution in [1.82, 2.24) is 10.1 Å². The van der Waals surface area contributed by atoms with Gasteiger partial charge in [-0.25, -0.2) is 0 Å². The number of hydrogen-bond acceptors (Lipinski definition) is 7. The number of nitrogens with zero attached hydrogens (tertiary/aromatic N) is 2. The normalized spacial score (nSPS) is 10.5. The van der Waals surface area contributed by atoms with Crippen LogP contribution in [-0.2, 0) is 11.2 Å². The van der Waals surface area contributed by atoms with Gasteiger partial charge >= 0.3 is 5.97 Å². The van der Waals surface area contributed by atoms with E-state index in [9.17, 15) is 4.79 Å². The summed E-state index contributed by atoms with van der Waals surface area (Å²) in [5.41, 5.74) is 0.812. The number of carbonyl (C=O) groups excluding carboxylic acids is 1. The standard InChI is InChI=1S/C21H22N2O5/c1-3-25-16-11-9-15(10-12-16)21-22-19(28-23-21)13-14-20(24)27-18-8-6-5-7-17(18)26-4-2/h5-12H,3-4,13-14H2,1-2H3. The zero-order chi connectivity index (χ0) is 19.8. The van der Waals surface area contributed by atoms with Crippen molar-refractivity contribution in [2.75, 3.05) is 13.2 Å². The van der Waals surface area contributed by atoms with E-state index in [0.717, 1.165) is 11.3 Å². The predicted octanol–water partition coefficient (Wildman–Crippen LogP) is 4.07. The zero-order valence-corrected chi connectivity index (χ0v) is 15.9. The van der Waals surface area contributed by atoms with Crippen LogP contribution in [0.15, 0.2) is 53.1 Å². The quantitative estimate of drug-likeness (QED) is 0.407. The number of ether oxygens (including phenoxy) is 3. The minimum atomic E-state index is -0.395. The molecule has 7 heteroatoms. The van der Waals surface area contributed by atoms with E-state index >= 15 is 0 Å². The summed E-state index contributed by atoms with van der Waals surface area (Å²) in [6.45, 7) is 4.90. The van der Waals surface area contributed by atoms with E-state index in [1.54, 1.807) is 18.2 Å². The Morgan fingerprint density at radius 2 is 1.68 bits per heavy atom. The average Bonchev–Trinajstić information content (AvgIpc) is 3.18. The van der Waals surface area contributed by atoms with Gasteiger partial charge in [0.1, 0.15) is 5.75 Å². The Bertz CT molecular complexity index is 905. The topological polar surface area (TPSA) is 83.7 Å². The largest absolute Gasteiger partial charge is 0.494 e. The SMILES string of the molecule is CCOc1ccc(-c2noc(CCC(=O)Oc3ccccc3OCC)n2)cc1. The number of esters is 1. The van der Waals surface area contributed by atoms with Gasteiger partial charge in [-0.1, -0.05) is 17.3 Å². The number of aryl methyl sites for hydroxylation is 1. The highest BCUT2D eigenvalue weighted by molar-refractivity contribution is 5.73. The van der Waals surface area contributed by atoms with Gasteiger partial charge < -0.3 is 18.7 Å². The van der Waals surface area contributed by atoms with Crippen molar-refractivity contribution in [3.8, 4) is 28.6 Å². The Balaban J connectivity index is 1.56. The van der Waals surface area contributed by atoms with E-state index < -0.39 is 5.97 Å². The maximum atomic E-state index is 12.1. The van der Waals surface area contributed by atoms with Crippen LogP contribution < -0.4 is 14.2 Å². The van der Waals surface area contributed by atoms with Crippen molar-refractivity contribution in [1.29, 1.82) is 0 Å². The lowest BCUT2D eigenvalue weighted by Gasteiger charge is -2.09. The van der Waals surface area contributed by atoms with Crippen molar-refractivity contribution in [2.45, 2.75) is 26.7 Å². The minimum Gasteiger partial charge on any atom is -0.494 e. The van der Waals surface area contributed by atoms with E-state index in [-0.39, 0.29) is 6.42 Å². The van der Waals surface area contributed by atoms with Crippen LogP contribution in [0, 0.1) is 0 Å². The van der Waals surface area contributed by atoms with Gasteiger partial charge in [-0.2, -0.15) is 4.98 Å². The molecular weight excluding hydrogens is 360 g/mol. The monoisotopic (exact) mass is 382 g/mol. The molecule has 0 N–H and O–H groups in total. The fourth-order valence-electron chi connectivity index (χ4n) is 2.53. The molecule has 0 amide bonds. The molecule has 7 nitrogen and oxygen atoms in total. The first-order valence-corrected chi connectivity index (χ1v) is 9.18. The first-order chi connectivity index (χ1) is 13.7. The Morgan fingerprint density at radius 3 is 2.39 bits per heavy atom. The molecule has 1 aromatic heterocycles. The number of carbonyl (C=O) groups is 1. The first kappa shape index (κ1) is 19.4. The van der Waals surface area contributed by atoms with Crippen molar-refractivity contribution in [3.05, 3.63) is 54.4 Å². The lowest BCUT2D eigenvalue weighted by atomic mass is 10.2. The molecule has 1 heterocycles. The first-order valence-electron chi connectivity index (χ1n) is 9.18. The molecular formula is C21H22N2O5. The second kappa shape index (κ2) is 9.55. The summed E-state index contributed by atoms with van der Waals surface area (Å²) in [5.74, 6) is 2.16. The molecule has 146 valence electrons. The molecule has 0 bridgehead atoms. The second-order valence-electron chi connectivity index (χ2n) is 5.82. The maximum Gasteiger partial charge on any atom is 0.311 e. The summed E-state index contributed by atoms with van der Waals surface area (Å²) in [4.78, 5) is 16.5. The van der Waals surface area contributed by atoms with E-state index in [2.05, 4.69) is 10.1 Å². The summed E-state index contributed by atoms with van der Waals surface area (Å²) < 4.78 is 21.5. The smallest absolute Gasteiger partial charge is 0.311 e. The molecule has 0 aliphatic carbocycles. The van der Waals surface area contributed by atoms with Gasteiger partial charge in [-0.15, -0.1) is 0 Å². The lowest BCUT2D eigenvalue weighted by Crippen LogP contribution is -2.10. The average molecular weight is 382 g/mol. The number of aromatic nitrogens is 2. The molecule has 28 heavy (non-hydrogen) atoms. The molecule has 0 atom stereocenters. The molecule has 0 saturated heterocycles. The van der Waals surface area contributed by atoms with E-state index in [1.807, 2.05) is 44.2 Å². The Hall–Kier alpha value is -3.35. The molecule has 0 saturated carbocycles. The van der Waals surface area contributed by atoms with Crippen LogP contribution in [0.1, 0.15) is 26.2 Å². The summed E-state index contributed by atoms with van der Waals surface area (Å²) in [6.07, 6.45) is 0.408. The van der Waals surface area contributed by atoms with Crippen LogP contribution in [0.3, 0.4) is 0 Å². The van der Waals surface area contributed by atoms with Gasteiger partial charge in [0, 0.05) is 12.0 Å². The van der Waals surface area contributed by atoms with Gasteiger partial charge in [-0.05, 0) is 50.2 Å². The molecule has 0 spiro atoms. The van der Waals surface area contributed by atoms with Gasteiger partial charge in [0.2, 0.25) is 11.7 Å². The Kier molecular flexibility index (Phi) is 6.62. The van der Waals surface area contributed by atoms with Gasteiger partial charge in [0.05, 0.1) is 19.6 Å². The highest BCUT2D eigenvalue weighted by Crippen LogP contribution is 2.27. The molecule has 0 aliphatic heterocycles. The van der Waals surface area contributed by atoms with Crippen LogP contribution in [-0.4, -0.2) is 29.3 Å². The van der Waals surface area contributed by atoms with Crippen LogP contribution in [0.4, 0.5) is 0 Å². The van der Waals surface area contributed by atoms with Crippen molar-refractivity contribution in [2.24, 2.45) is 0 Å². The van der Waals surface area contributed by atoms with Crippen LogP contribution >= 0.6 is 0 Å². The van der Waals surface area contributed by atoms with E-state index in [4.69, 9.17) is 18.7 Å². The summed E-state index contributed by atoms with van der Waals surface area (Å²) in [6, 6.07) is 14.5. The van der Waals surface area contributed by atoms with Gasteiger partial charge in [-0.3, -0.25) is 4.79 Å². The molecule has 0 aliphatic rings. The summed E-state index contributed by atoms with van der Waals surface area (Å²) in [5, 5.41) is 3.96. The zero-order valence-electron chi connectivity index (χ0n) is 15.9. The van der Waals surface area contributed by atoms with Gasteiger partial charge in [0.25, 0.3) is 0 Å². The second-order valence-corrected chi connectivity index (χ2v) is 5.82. The van der Waals surface area contributed by atoms with E-state index in [1.165, 1.54) is 0 Å².